The van der Waals surface area contributed by atoms with Gasteiger partial charge < -0.3 is 15.5 Å². The van der Waals surface area contributed by atoms with Crippen LogP contribution in [0.1, 0.15) is 33.5 Å². The van der Waals surface area contributed by atoms with Gasteiger partial charge in [-0.05, 0) is 60.7 Å². The molecule has 3 heterocycles. The van der Waals surface area contributed by atoms with Crippen molar-refractivity contribution in [1.82, 2.24) is 10.3 Å². The van der Waals surface area contributed by atoms with Gasteiger partial charge in [0.15, 0.2) is 0 Å². The summed E-state index contributed by atoms with van der Waals surface area (Å²) in [5, 5.41) is 6.37. The Labute approximate surface area is 142 Å². The molecule has 2 N–H and O–H groups in total. The first-order valence-corrected chi connectivity index (χ1v) is 8.54. The highest BCUT2D eigenvalue weighted by molar-refractivity contribution is 6.05. The molecule has 4 rings (SSSR count). The quantitative estimate of drug-likeness (QED) is 0.891. The number of anilines is 2. The third-order valence-corrected chi connectivity index (χ3v) is 4.95. The van der Waals surface area contributed by atoms with Crippen LogP contribution in [0.3, 0.4) is 0 Å². The molecule has 1 aromatic heterocycles. The van der Waals surface area contributed by atoms with Crippen LogP contribution in [0, 0.1) is 0 Å². The molecule has 2 aliphatic rings. The molecule has 5 nitrogen and oxygen atoms in total. The van der Waals surface area contributed by atoms with Gasteiger partial charge in [-0.1, -0.05) is 0 Å². The third-order valence-electron chi connectivity index (χ3n) is 4.95. The number of aryl methyl sites for hydroxylation is 1. The van der Waals surface area contributed by atoms with Gasteiger partial charge in [0, 0.05) is 43.9 Å². The largest absolute Gasteiger partial charge is 0.374 e. The van der Waals surface area contributed by atoms with E-state index < -0.39 is 0 Å². The number of nitrogens with zero attached hydrogens (tertiary/aromatic N) is 2. The number of nitrogens with one attached hydrogen (secondary N) is 2. The Morgan fingerprint density at radius 3 is 3.08 bits per heavy atom. The van der Waals surface area contributed by atoms with Gasteiger partial charge in [-0.2, -0.15) is 0 Å². The van der Waals surface area contributed by atoms with E-state index in [2.05, 4.69) is 39.7 Å². The number of benzene rings is 1. The highest BCUT2D eigenvalue weighted by Crippen LogP contribution is 2.29. The molecule has 0 unspecified atom stereocenters. The lowest BCUT2D eigenvalue weighted by Crippen LogP contribution is -2.27. The predicted molar refractivity (Wildman–Crippen MR) is 95.6 cm³/mol. The standard InChI is InChI=1S/C19H22N4O/c1-23-8-2-3-13-9-15(4-5-18(13)23)22-19(24)17-12-21-11-14-10-20-7-6-16(14)17/h4-5,9,11-12,20H,2-3,6-8,10H2,1H3,(H,22,24). The van der Waals surface area contributed by atoms with Gasteiger partial charge in [0.05, 0.1) is 5.56 Å². The maximum absolute atomic E-state index is 12.7. The first-order chi connectivity index (χ1) is 11.7. The summed E-state index contributed by atoms with van der Waals surface area (Å²) in [4.78, 5) is 19.2. The molecule has 0 saturated heterocycles. The summed E-state index contributed by atoms with van der Waals surface area (Å²) in [6.07, 6.45) is 6.63. The summed E-state index contributed by atoms with van der Waals surface area (Å²) < 4.78 is 0. The Kier molecular flexibility index (Phi) is 3.94. The van der Waals surface area contributed by atoms with Crippen molar-refractivity contribution in [3.63, 3.8) is 0 Å². The van der Waals surface area contributed by atoms with Gasteiger partial charge in [-0.15, -0.1) is 0 Å². The summed E-state index contributed by atoms with van der Waals surface area (Å²) >= 11 is 0. The van der Waals surface area contributed by atoms with Crippen LogP contribution in [0.4, 0.5) is 11.4 Å². The lowest BCUT2D eigenvalue weighted by molar-refractivity contribution is 0.102. The van der Waals surface area contributed by atoms with Crippen molar-refractivity contribution in [2.24, 2.45) is 0 Å². The average Bonchev–Trinajstić information content (AvgIpc) is 2.61. The zero-order chi connectivity index (χ0) is 16.5. The highest BCUT2D eigenvalue weighted by Gasteiger charge is 2.19. The van der Waals surface area contributed by atoms with Crippen molar-refractivity contribution in [2.75, 3.05) is 30.4 Å². The monoisotopic (exact) mass is 322 g/mol. The number of fused-ring (bicyclic) bond motifs is 2. The Bertz CT molecular complexity index is 787. The lowest BCUT2D eigenvalue weighted by atomic mass is 9.97. The summed E-state index contributed by atoms with van der Waals surface area (Å²) in [6.45, 7) is 2.78. The van der Waals surface area contributed by atoms with Crippen LogP contribution < -0.4 is 15.5 Å². The van der Waals surface area contributed by atoms with E-state index in [1.807, 2.05) is 12.3 Å². The van der Waals surface area contributed by atoms with E-state index in [-0.39, 0.29) is 5.91 Å². The number of pyridine rings is 1. The molecule has 5 heteroatoms. The molecule has 1 amide bonds. The minimum absolute atomic E-state index is 0.0645. The van der Waals surface area contributed by atoms with E-state index in [9.17, 15) is 4.79 Å². The number of carbonyl (C=O) groups excluding carboxylic acids is 1. The molecule has 0 aliphatic carbocycles. The second-order valence-electron chi connectivity index (χ2n) is 6.57. The number of hydrogen-bond acceptors (Lipinski definition) is 4. The Morgan fingerprint density at radius 1 is 1.25 bits per heavy atom. The molecule has 24 heavy (non-hydrogen) atoms. The zero-order valence-electron chi connectivity index (χ0n) is 13.9. The Hall–Kier alpha value is -2.40. The smallest absolute Gasteiger partial charge is 0.257 e. The fraction of sp³-hybridized carbons (Fsp3) is 0.368. The van der Waals surface area contributed by atoms with Crippen LogP contribution in [0.2, 0.25) is 0 Å². The van der Waals surface area contributed by atoms with Gasteiger partial charge in [0.1, 0.15) is 0 Å². The van der Waals surface area contributed by atoms with E-state index in [4.69, 9.17) is 0 Å². The maximum Gasteiger partial charge on any atom is 0.257 e. The first kappa shape index (κ1) is 15.1. The minimum atomic E-state index is -0.0645. The van der Waals surface area contributed by atoms with Crippen LogP contribution in [-0.2, 0) is 19.4 Å². The fourth-order valence-electron chi connectivity index (χ4n) is 3.67. The van der Waals surface area contributed by atoms with Gasteiger partial charge in [-0.3, -0.25) is 9.78 Å². The Balaban J connectivity index is 1.59. The van der Waals surface area contributed by atoms with Crippen LogP contribution in [0.25, 0.3) is 0 Å². The first-order valence-electron chi connectivity index (χ1n) is 8.54. The van der Waals surface area contributed by atoms with Crippen molar-refractivity contribution in [3.05, 3.63) is 52.8 Å². The molecule has 0 radical (unpaired) electrons. The van der Waals surface area contributed by atoms with Crippen molar-refractivity contribution in [2.45, 2.75) is 25.8 Å². The van der Waals surface area contributed by atoms with Crippen LogP contribution in [-0.4, -0.2) is 31.0 Å². The number of hydrogen-bond donors (Lipinski definition) is 2. The second-order valence-corrected chi connectivity index (χ2v) is 6.57. The van der Waals surface area contributed by atoms with E-state index in [1.54, 1.807) is 6.20 Å². The summed E-state index contributed by atoms with van der Waals surface area (Å²) in [5.74, 6) is -0.0645. The SMILES string of the molecule is CN1CCCc2cc(NC(=O)c3cncc4c3CCNC4)ccc21. The number of rotatable bonds is 2. The van der Waals surface area contributed by atoms with E-state index in [0.29, 0.717) is 5.56 Å². The second kappa shape index (κ2) is 6.24. The zero-order valence-corrected chi connectivity index (χ0v) is 13.9. The molecule has 0 saturated carbocycles. The molecule has 124 valence electrons. The summed E-state index contributed by atoms with van der Waals surface area (Å²) in [5.41, 5.74) is 6.38. The van der Waals surface area contributed by atoms with Crippen LogP contribution in [0.15, 0.2) is 30.6 Å². The highest BCUT2D eigenvalue weighted by atomic mass is 16.1. The molecule has 2 aliphatic heterocycles. The van der Waals surface area contributed by atoms with Crippen LogP contribution >= 0.6 is 0 Å². The topological polar surface area (TPSA) is 57.3 Å². The maximum atomic E-state index is 12.7. The fourth-order valence-corrected chi connectivity index (χ4v) is 3.67. The van der Waals surface area contributed by atoms with Crippen molar-refractivity contribution >= 4 is 17.3 Å². The minimum Gasteiger partial charge on any atom is -0.374 e. The lowest BCUT2D eigenvalue weighted by Gasteiger charge is -2.28. The van der Waals surface area contributed by atoms with Crippen molar-refractivity contribution in [1.29, 1.82) is 0 Å². The summed E-state index contributed by atoms with van der Waals surface area (Å²) in [7, 11) is 2.12. The number of amides is 1. The molecular weight excluding hydrogens is 300 g/mol. The normalized spacial score (nSPS) is 16.3. The van der Waals surface area contributed by atoms with Crippen LogP contribution in [0.5, 0.6) is 0 Å². The molecular formula is C19H22N4O. The Morgan fingerprint density at radius 2 is 2.17 bits per heavy atom. The van der Waals surface area contributed by atoms with E-state index >= 15 is 0 Å². The molecule has 2 aromatic rings. The molecule has 0 fully saturated rings. The third kappa shape index (κ3) is 2.76. The van der Waals surface area contributed by atoms with Gasteiger partial charge in [0.25, 0.3) is 5.91 Å². The predicted octanol–water partition coefficient (Wildman–Crippen LogP) is 2.36. The van der Waals surface area contributed by atoms with Gasteiger partial charge >= 0.3 is 0 Å². The average molecular weight is 322 g/mol. The number of aromatic nitrogens is 1. The van der Waals surface area contributed by atoms with Gasteiger partial charge in [-0.25, -0.2) is 0 Å². The molecule has 1 aromatic carbocycles. The molecule has 0 bridgehead atoms. The van der Waals surface area contributed by atoms with Gasteiger partial charge in [0.2, 0.25) is 0 Å². The van der Waals surface area contributed by atoms with E-state index in [1.165, 1.54) is 11.3 Å². The molecule has 0 atom stereocenters. The number of carbonyl (C=O) groups is 1. The van der Waals surface area contributed by atoms with Crippen molar-refractivity contribution < 1.29 is 4.79 Å². The van der Waals surface area contributed by atoms with Crippen molar-refractivity contribution in [3.8, 4) is 0 Å². The molecule has 0 spiro atoms. The summed E-state index contributed by atoms with van der Waals surface area (Å²) in [6, 6.07) is 6.20. The van der Waals surface area contributed by atoms with E-state index in [0.717, 1.165) is 55.7 Å².